The van der Waals surface area contributed by atoms with Gasteiger partial charge in [0.15, 0.2) is 0 Å². The van der Waals surface area contributed by atoms with E-state index < -0.39 is 5.60 Å². The minimum absolute atomic E-state index is 0.300. The number of rotatable bonds is 1. The Bertz CT molecular complexity index is 861. The number of ether oxygens (including phenoxy) is 2. The van der Waals surface area contributed by atoms with Crippen LogP contribution in [-0.4, -0.2) is 40.8 Å². The number of esters is 1. The Labute approximate surface area is 153 Å². The molecule has 0 spiro atoms. The van der Waals surface area contributed by atoms with Gasteiger partial charge in [0.1, 0.15) is 5.60 Å². The van der Waals surface area contributed by atoms with Gasteiger partial charge in [0, 0.05) is 35.8 Å². The van der Waals surface area contributed by atoms with Crippen molar-refractivity contribution in [3.63, 3.8) is 0 Å². The fourth-order valence-corrected chi connectivity index (χ4v) is 3.50. The van der Waals surface area contributed by atoms with Gasteiger partial charge in [-0.2, -0.15) is 0 Å². The third-order valence-corrected chi connectivity index (χ3v) is 4.70. The van der Waals surface area contributed by atoms with E-state index in [0.717, 1.165) is 29.3 Å². The van der Waals surface area contributed by atoms with Gasteiger partial charge >= 0.3 is 12.1 Å². The van der Waals surface area contributed by atoms with E-state index >= 15 is 0 Å². The lowest BCUT2D eigenvalue weighted by Crippen LogP contribution is -2.36. The Morgan fingerprint density at radius 1 is 1.19 bits per heavy atom. The molecular weight excluding hydrogens is 332 g/mol. The summed E-state index contributed by atoms with van der Waals surface area (Å²) in [5.74, 6) is -0.359. The van der Waals surface area contributed by atoms with E-state index in [1.54, 1.807) is 11.0 Å². The van der Waals surface area contributed by atoms with Gasteiger partial charge < -0.3 is 18.9 Å². The van der Waals surface area contributed by atoms with E-state index in [1.165, 1.54) is 12.8 Å². The van der Waals surface area contributed by atoms with Crippen molar-refractivity contribution in [3.05, 3.63) is 35.0 Å². The highest BCUT2D eigenvalue weighted by molar-refractivity contribution is 5.96. The molecule has 0 saturated heterocycles. The maximum absolute atomic E-state index is 12.6. The van der Waals surface area contributed by atoms with Crippen LogP contribution in [0.3, 0.4) is 0 Å². The maximum Gasteiger partial charge on any atom is 0.410 e. The van der Waals surface area contributed by atoms with Crippen LogP contribution in [0.25, 0.3) is 10.9 Å². The SMILES string of the molecule is COC(=O)c1ccc2c(c1)c1c(n2C)CCCN(C(=O)OC(C)(C)C)C1. The molecule has 0 saturated carbocycles. The minimum Gasteiger partial charge on any atom is -0.465 e. The predicted molar refractivity (Wildman–Crippen MR) is 99.2 cm³/mol. The summed E-state index contributed by atoms with van der Waals surface area (Å²) in [7, 11) is 3.41. The molecule has 1 amide bonds. The molecule has 0 N–H and O–H groups in total. The van der Waals surface area contributed by atoms with E-state index in [1.807, 2.05) is 40.0 Å². The number of aromatic nitrogens is 1. The molecule has 3 rings (SSSR count). The lowest BCUT2D eigenvalue weighted by molar-refractivity contribution is 0.0237. The summed E-state index contributed by atoms with van der Waals surface area (Å²) in [6, 6.07) is 5.58. The molecule has 0 bridgehead atoms. The van der Waals surface area contributed by atoms with Crippen LogP contribution in [0.2, 0.25) is 0 Å². The Morgan fingerprint density at radius 2 is 1.92 bits per heavy atom. The number of aryl methyl sites for hydroxylation is 1. The second kappa shape index (κ2) is 6.67. The maximum atomic E-state index is 12.6. The Balaban J connectivity index is 2.02. The number of hydrogen-bond acceptors (Lipinski definition) is 4. The molecule has 1 aromatic heterocycles. The highest BCUT2D eigenvalue weighted by atomic mass is 16.6. The Morgan fingerprint density at radius 3 is 2.58 bits per heavy atom. The highest BCUT2D eigenvalue weighted by Gasteiger charge is 2.27. The number of methoxy groups -OCH3 is 1. The van der Waals surface area contributed by atoms with Gasteiger partial charge in [0.2, 0.25) is 0 Å². The lowest BCUT2D eigenvalue weighted by Gasteiger charge is -2.26. The largest absolute Gasteiger partial charge is 0.465 e. The third kappa shape index (κ3) is 3.41. The number of nitrogens with zero attached hydrogens (tertiary/aromatic N) is 2. The Kier molecular flexibility index (Phi) is 4.69. The molecule has 0 radical (unpaired) electrons. The molecule has 2 aromatic rings. The predicted octanol–water partition coefficient (Wildman–Crippen LogP) is 3.65. The molecule has 1 aliphatic heterocycles. The van der Waals surface area contributed by atoms with E-state index in [9.17, 15) is 9.59 Å². The van der Waals surface area contributed by atoms with E-state index in [0.29, 0.717) is 18.7 Å². The van der Waals surface area contributed by atoms with E-state index in [4.69, 9.17) is 9.47 Å². The van der Waals surface area contributed by atoms with Gasteiger partial charge in [-0.3, -0.25) is 0 Å². The van der Waals surface area contributed by atoms with Crippen molar-refractivity contribution >= 4 is 23.0 Å². The van der Waals surface area contributed by atoms with Crippen LogP contribution in [0.4, 0.5) is 4.79 Å². The van der Waals surface area contributed by atoms with Crippen molar-refractivity contribution in [2.45, 2.75) is 45.8 Å². The number of amides is 1. The lowest BCUT2D eigenvalue weighted by atomic mass is 10.1. The standard InChI is InChI=1S/C20H26N2O4/c1-20(2,3)26-19(24)22-10-6-7-16-15(12-22)14-11-13(18(23)25-5)8-9-17(14)21(16)4/h8-9,11H,6-7,10,12H2,1-5H3. The highest BCUT2D eigenvalue weighted by Crippen LogP contribution is 2.31. The van der Waals surface area contributed by atoms with Crippen LogP contribution in [0.1, 0.15) is 48.8 Å². The molecule has 6 heteroatoms. The second-order valence-electron chi connectivity index (χ2n) is 7.71. The molecule has 26 heavy (non-hydrogen) atoms. The van der Waals surface area contributed by atoms with Crippen LogP contribution >= 0.6 is 0 Å². The molecule has 6 nitrogen and oxygen atoms in total. The summed E-state index contributed by atoms with van der Waals surface area (Å²) in [5.41, 5.74) is 3.32. The van der Waals surface area contributed by atoms with Gasteiger partial charge in [-0.05, 0) is 51.8 Å². The number of carbonyl (C=O) groups excluding carboxylic acids is 2. The summed E-state index contributed by atoms with van der Waals surface area (Å²) >= 11 is 0. The molecule has 1 aromatic carbocycles. The first-order chi connectivity index (χ1) is 12.2. The number of benzene rings is 1. The first-order valence-corrected chi connectivity index (χ1v) is 8.87. The third-order valence-electron chi connectivity index (χ3n) is 4.70. The summed E-state index contributed by atoms with van der Waals surface area (Å²) < 4.78 is 12.6. The van der Waals surface area contributed by atoms with Crippen LogP contribution in [0.15, 0.2) is 18.2 Å². The molecule has 0 fully saturated rings. The van der Waals surface area contributed by atoms with Crippen molar-refractivity contribution < 1.29 is 19.1 Å². The zero-order valence-corrected chi connectivity index (χ0v) is 16.1. The average molecular weight is 358 g/mol. The van der Waals surface area contributed by atoms with Gasteiger partial charge in [-0.1, -0.05) is 0 Å². The molecular formula is C20H26N2O4. The fraction of sp³-hybridized carbons (Fsp3) is 0.500. The fourth-order valence-electron chi connectivity index (χ4n) is 3.50. The van der Waals surface area contributed by atoms with Crippen LogP contribution in [0.5, 0.6) is 0 Å². The molecule has 0 aliphatic carbocycles. The first kappa shape index (κ1) is 18.3. The molecule has 140 valence electrons. The van der Waals surface area contributed by atoms with Crippen molar-refractivity contribution in [2.75, 3.05) is 13.7 Å². The molecule has 1 aliphatic rings. The van der Waals surface area contributed by atoms with E-state index in [-0.39, 0.29) is 12.1 Å². The van der Waals surface area contributed by atoms with Crippen molar-refractivity contribution in [2.24, 2.45) is 7.05 Å². The monoisotopic (exact) mass is 358 g/mol. The van der Waals surface area contributed by atoms with Crippen LogP contribution in [-0.2, 0) is 29.5 Å². The number of carbonyl (C=O) groups is 2. The van der Waals surface area contributed by atoms with Crippen LogP contribution < -0.4 is 0 Å². The smallest absolute Gasteiger partial charge is 0.410 e. The number of fused-ring (bicyclic) bond motifs is 3. The zero-order chi connectivity index (χ0) is 19.1. The summed E-state index contributed by atoms with van der Waals surface area (Å²) in [5, 5.41) is 0.987. The normalized spacial score (nSPS) is 14.7. The van der Waals surface area contributed by atoms with Gasteiger partial charge in [-0.25, -0.2) is 9.59 Å². The second-order valence-corrected chi connectivity index (χ2v) is 7.71. The van der Waals surface area contributed by atoms with Gasteiger partial charge in [0.25, 0.3) is 0 Å². The quantitative estimate of drug-likeness (QED) is 0.730. The minimum atomic E-state index is -0.525. The topological polar surface area (TPSA) is 60.8 Å². The van der Waals surface area contributed by atoms with Gasteiger partial charge in [-0.15, -0.1) is 0 Å². The van der Waals surface area contributed by atoms with Crippen LogP contribution in [0, 0.1) is 0 Å². The van der Waals surface area contributed by atoms with Crippen molar-refractivity contribution in [1.29, 1.82) is 0 Å². The first-order valence-electron chi connectivity index (χ1n) is 8.87. The molecule has 0 unspecified atom stereocenters. The molecule has 0 atom stereocenters. The van der Waals surface area contributed by atoms with Crippen molar-refractivity contribution in [1.82, 2.24) is 9.47 Å². The summed E-state index contributed by atoms with van der Waals surface area (Å²) in [6.07, 6.45) is 1.46. The van der Waals surface area contributed by atoms with Gasteiger partial charge in [0.05, 0.1) is 19.2 Å². The average Bonchev–Trinajstić information content (AvgIpc) is 2.75. The van der Waals surface area contributed by atoms with Crippen molar-refractivity contribution in [3.8, 4) is 0 Å². The zero-order valence-electron chi connectivity index (χ0n) is 16.1. The number of hydrogen-bond donors (Lipinski definition) is 0. The summed E-state index contributed by atoms with van der Waals surface area (Å²) in [4.78, 5) is 26.2. The Hall–Kier alpha value is -2.50. The van der Waals surface area contributed by atoms with E-state index in [2.05, 4.69) is 4.57 Å². The summed E-state index contributed by atoms with van der Waals surface area (Å²) in [6.45, 7) is 6.74. The molecule has 2 heterocycles.